The van der Waals surface area contributed by atoms with E-state index in [-0.39, 0.29) is 0 Å². The van der Waals surface area contributed by atoms with Crippen molar-refractivity contribution >= 4 is 65.9 Å². The van der Waals surface area contributed by atoms with Gasteiger partial charge >= 0.3 is 0 Å². The van der Waals surface area contributed by atoms with Crippen LogP contribution in [0.1, 0.15) is 5.82 Å². The molecule has 238 valence electrons. The van der Waals surface area contributed by atoms with Crippen molar-refractivity contribution in [2.75, 3.05) is 0 Å². The van der Waals surface area contributed by atoms with Crippen molar-refractivity contribution in [2.45, 2.75) is 16.7 Å². The molecule has 2 nitrogen and oxygen atoms in total. The summed E-state index contributed by atoms with van der Waals surface area (Å²) in [6.45, 7) is 2.10. The molecular weight excluding hydrogens is 637 g/mol. The third-order valence-corrected chi connectivity index (χ3v) is 11.8. The molecule has 0 amide bonds. The Bertz CT molecular complexity index is 3080. The lowest BCUT2D eigenvalue weighted by atomic mass is 9.84. The van der Waals surface area contributed by atoms with E-state index in [4.69, 9.17) is 4.98 Å². The van der Waals surface area contributed by atoms with Crippen LogP contribution in [0.15, 0.2) is 174 Å². The van der Waals surface area contributed by atoms with Crippen molar-refractivity contribution < 1.29 is 0 Å². The van der Waals surface area contributed by atoms with Crippen LogP contribution in [0.2, 0.25) is 0 Å². The van der Waals surface area contributed by atoms with Crippen LogP contribution in [0.4, 0.5) is 0 Å². The van der Waals surface area contributed by atoms with Gasteiger partial charge in [-0.2, -0.15) is 0 Å². The molecule has 0 fully saturated rings. The first-order valence-electron chi connectivity index (χ1n) is 17.5. The van der Waals surface area contributed by atoms with E-state index in [1.165, 1.54) is 97.5 Å². The summed E-state index contributed by atoms with van der Waals surface area (Å²) in [4.78, 5) is 7.38. The number of para-hydroxylation sites is 1. The van der Waals surface area contributed by atoms with Crippen LogP contribution in [-0.4, -0.2) is 9.55 Å². The van der Waals surface area contributed by atoms with Crippen LogP contribution < -0.4 is 0 Å². The summed E-state index contributed by atoms with van der Waals surface area (Å²) in [6.07, 6.45) is 0. The Hall–Kier alpha value is -6.16. The van der Waals surface area contributed by atoms with E-state index in [0.717, 1.165) is 11.3 Å². The monoisotopic (exact) mass is 666 g/mol. The second kappa shape index (κ2) is 10.9. The van der Waals surface area contributed by atoms with Crippen LogP contribution in [0.25, 0.3) is 93.2 Å². The lowest BCUT2D eigenvalue weighted by molar-refractivity contribution is 0.963. The van der Waals surface area contributed by atoms with Gasteiger partial charge in [0, 0.05) is 9.79 Å². The van der Waals surface area contributed by atoms with E-state index >= 15 is 0 Å². The molecule has 0 radical (unpaired) electrons. The number of rotatable bonds is 3. The molecule has 2 heterocycles. The SMILES string of the molecule is Cc1nc2cccc3c2n1-c1ccc(-c2ccc4c(-c5ccc6ccccc6c5)c5ccccc5c(-c5ccc6ccccc6c5)c4c2)cc1S3. The van der Waals surface area contributed by atoms with Crippen LogP contribution >= 0.6 is 11.8 Å². The van der Waals surface area contributed by atoms with E-state index < -0.39 is 0 Å². The summed E-state index contributed by atoms with van der Waals surface area (Å²) < 4.78 is 2.32. The number of aromatic nitrogens is 2. The van der Waals surface area contributed by atoms with Crippen molar-refractivity contribution in [3.8, 4) is 39.1 Å². The van der Waals surface area contributed by atoms with Crippen molar-refractivity contribution in [1.82, 2.24) is 9.55 Å². The van der Waals surface area contributed by atoms with Crippen molar-refractivity contribution in [2.24, 2.45) is 0 Å². The fraction of sp³-hybridized carbons (Fsp3) is 0.0208. The van der Waals surface area contributed by atoms with Crippen molar-refractivity contribution in [3.05, 3.63) is 170 Å². The van der Waals surface area contributed by atoms with Crippen LogP contribution in [0, 0.1) is 6.92 Å². The molecule has 0 saturated heterocycles. The summed E-state index contributed by atoms with van der Waals surface area (Å²) in [7, 11) is 0. The van der Waals surface area contributed by atoms with Gasteiger partial charge in [-0.3, -0.25) is 4.57 Å². The normalized spacial score (nSPS) is 12.3. The number of fused-ring (bicyclic) bond motifs is 6. The highest BCUT2D eigenvalue weighted by Crippen LogP contribution is 2.48. The quantitative estimate of drug-likeness (QED) is 0.175. The molecule has 9 aromatic carbocycles. The molecule has 0 bridgehead atoms. The first-order chi connectivity index (χ1) is 25.2. The Balaban J connectivity index is 1.18. The lowest BCUT2D eigenvalue weighted by Crippen LogP contribution is -2.03. The maximum Gasteiger partial charge on any atom is 0.111 e. The second-order valence-corrected chi connectivity index (χ2v) is 14.7. The summed E-state index contributed by atoms with van der Waals surface area (Å²) in [5.74, 6) is 1.02. The van der Waals surface area contributed by atoms with Gasteiger partial charge in [0.1, 0.15) is 5.82 Å². The fourth-order valence-electron chi connectivity index (χ4n) is 8.34. The molecule has 11 rings (SSSR count). The molecule has 51 heavy (non-hydrogen) atoms. The smallest absolute Gasteiger partial charge is 0.111 e. The summed E-state index contributed by atoms with van der Waals surface area (Å²) in [5.41, 5.74) is 10.9. The molecule has 0 aliphatic carbocycles. The zero-order valence-corrected chi connectivity index (χ0v) is 28.7. The molecule has 0 N–H and O–H groups in total. The largest absolute Gasteiger partial charge is 0.294 e. The van der Waals surface area contributed by atoms with E-state index in [9.17, 15) is 0 Å². The van der Waals surface area contributed by atoms with Gasteiger partial charge in [0.15, 0.2) is 0 Å². The average molecular weight is 667 g/mol. The minimum absolute atomic E-state index is 1.02. The molecular formula is C48H30N2S. The molecule has 1 aliphatic heterocycles. The van der Waals surface area contributed by atoms with E-state index in [1.807, 2.05) is 11.8 Å². The van der Waals surface area contributed by atoms with Gasteiger partial charge in [-0.05, 0) is 126 Å². The number of hydrogen-bond acceptors (Lipinski definition) is 2. The summed E-state index contributed by atoms with van der Waals surface area (Å²) >= 11 is 1.84. The Morgan fingerprint density at radius 1 is 0.431 bits per heavy atom. The molecule has 0 spiro atoms. The number of imidazole rings is 1. The third-order valence-electron chi connectivity index (χ3n) is 10.7. The Morgan fingerprint density at radius 2 is 1.00 bits per heavy atom. The molecule has 1 aromatic heterocycles. The van der Waals surface area contributed by atoms with Crippen molar-refractivity contribution in [3.63, 3.8) is 0 Å². The highest BCUT2D eigenvalue weighted by atomic mass is 32.2. The van der Waals surface area contributed by atoms with Crippen LogP contribution in [-0.2, 0) is 0 Å². The van der Waals surface area contributed by atoms with Gasteiger partial charge in [-0.25, -0.2) is 4.98 Å². The Kier molecular flexibility index (Phi) is 6.14. The number of benzene rings is 9. The zero-order valence-electron chi connectivity index (χ0n) is 27.9. The maximum atomic E-state index is 4.88. The van der Waals surface area contributed by atoms with Gasteiger partial charge < -0.3 is 0 Å². The molecule has 3 heteroatoms. The number of nitrogens with zero attached hydrogens (tertiary/aromatic N) is 2. The standard InChI is InChI=1S/C48H30N2S/c1-29-49-42-15-8-16-44-48(42)50(29)43-24-22-35(28-45(43)51-44)34-21-23-40-41(27-34)47(37-20-18-31-10-3-5-12-33(31)26-37)39-14-7-6-13-38(39)46(40)36-19-17-30-9-2-4-11-32(30)25-36/h2-28H,1H3. The highest BCUT2D eigenvalue weighted by molar-refractivity contribution is 7.99. The molecule has 1 aliphatic rings. The van der Waals surface area contributed by atoms with Gasteiger partial charge in [-0.1, -0.05) is 133 Å². The lowest BCUT2D eigenvalue weighted by Gasteiger charge is -2.21. The molecule has 10 aromatic rings. The minimum Gasteiger partial charge on any atom is -0.294 e. The molecule has 0 saturated carbocycles. The van der Waals surface area contributed by atoms with Crippen molar-refractivity contribution in [1.29, 1.82) is 0 Å². The Labute approximate surface area is 299 Å². The summed E-state index contributed by atoms with van der Waals surface area (Å²) in [5, 5.41) is 10.0. The number of hydrogen-bond donors (Lipinski definition) is 0. The van der Waals surface area contributed by atoms with Crippen LogP contribution in [0.3, 0.4) is 0 Å². The minimum atomic E-state index is 1.02. The first kappa shape index (κ1) is 28.7. The van der Waals surface area contributed by atoms with Gasteiger partial charge in [0.25, 0.3) is 0 Å². The van der Waals surface area contributed by atoms with Gasteiger partial charge in [-0.15, -0.1) is 0 Å². The van der Waals surface area contributed by atoms with E-state index in [1.54, 1.807) is 0 Å². The topological polar surface area (TPSA) is 17.8 Å². The van der Waals surface area contributed by atoms with E-state index in [2.05, 4.69) is 175 Å². The fourth-order valence-corrected chi connectivity index (χ4v) is 9.46. The maximum absolute atomic E-state index is 4.88. The third kappa shape index (κ3) is 4.35. The molecule has 0 atom stereocenters. The van der Waals surface area contributed by atoms with Gasteiger partial charge in [0.2, 0.25) is 0 Å². The zero-order chi connectivity index (χ0) is 33.6. The molecule has 0 unspecified atom stereocenters. The van der Waals surface area contributed by atoms with Crippen LogP contribution in [0.5, 0.6) is 0 Å². The number of aryl methyl sites for hydroxylation is 1. The van der Waals surface area contributed by atoms with Gasteiger partial charge in [0.05, 0.1) is 16.7 Å². The second-order valence-electron chi connectivity index (χ2n) is 13.6. The Morgan fingerprint density at radius 3 is 1.71 bits per heavy atom. The predicted octanol–water partition coefficient (Wildman–Crippen LogP) is 13.4. The van der Waals surface area contributed by atoms with E-state index in [0.29, 0.717) is 0 Å². The summed E-state index contributed by atoms with van der Waals surface area (Å²) in [6, 6.07) is 60.6. The highest BCUT2D eigenvalue weighted by Gasteiger charge is 2.23. The predicted molar refractivity (Wildman–Crippen MR) is 216 cm³/mol. The average Bonchev–Trinajstić information content (AvgIpc) is 3.53. The first-order valence-corrected chi connectivity index (χ1v) is 18.3.